The first-order chi connectivity index (χ1) is 14.0. The fourth-order valence-electron chi connectivity index (χ4n) is 2.91. The summed E-state index contributed by atoms with van der Waals surface area (Å²) in [7, 11) is 1.58. The minimum absolute atomic E-state index is 0.0399. The lowest BCUT2D eigenvalue weighted by Crippen LogP contribution is -2.30. The number of anilines is 1. The Hall–Kier alpha value is -3.25. The van der Waals surface area contributed by atoms with Gasteiger partial charge >= 0.3 is 0 Å². The number of carbonyl (C=O) groups excluding carboxylic acids is 2. The summed E-state index contributed by atoms with van der Waals surface area (Å²) in [6.07, 6.45) is 0. The molecule has 2 amide bonds. The monoisotopic (exact) mass is 411 g/mol. The van der Waals surface area contributed by atoms with Gasteiger partial charge in [0.2, 0.25) is 5.91 Å². The first-order valence-corrected chi connectivity index (χ1v) is 9.52. The Morgan fingerprint density at radius 3 is 2.52 bits per heavy atom. The number of rotatable bonds is 7. The number of furan rings is 1. The van der Waals surface area contributed by atoms with Gasteiger partial charge in [-0.15, -0.1) is 0 Å². The quantitative estimate of drug-likeness (QED) is 0.548. The van der Waals surface area contributed by atoms with Crippen LogP contribution >= 0.6 is 11.6 Å². The molecule has 0 saturated heterocycles. The standard InChI is InChI=1S/C22H22ClN3O3/c1-14-4-3-5-18(21(14)22(28)24-2)25-13-20(27)26-12-17-10-11-19(29-17)15-6-8-16(23)9-7-15/h3-11,25H,12-13H2,1-2H3,(H,24,28)(H,26,27). The number of hydrogen-bond donors (Lipinski definition) is 3. The number of halogens is 1. The second-order valence-corrected chi connectivity index (χ2v) is 6.92. The minimum Gasteiger partial charge on any atom is -0.459 e. The zero-order valence-electron chi connectivity index (χ0n) is 16.2. The van der Waals surface area contributed by atoms with Crippen molar-refractivity contribution in [3.05, 3.63) is 76.5 Å². The molecule has 150 valence electrons. The number of nitrogens with one attached hydrogen (secondary N) is 3. The Bertz CT molecular complexity index is 1010. The van der Waals surface area contributed by atoms with Gasteiger partial charge in [-0.1, -0.05) is 23.7 Å². The van der Waals surface area contributed by atoms with Crippen LogP contribution in [0, 0.1) is 6.92 Å². The van der Waals surface area contributed by atoms with Gasteiger partial charge in [0, 0.05) is 23.3 Å². The lowest BCUT2D eigenvalue weighted by molar-refractivity contribution is -0.119. The molecule has 0 aliphatic rings. The summed E-state index contributed by atoms with van der Waals surface area (Å²) in [4.78, 5) is 24.3. The first-order valence-electron chi connectivity index (χ1n) is 9.15. The van der Waals surface area contributed by atoms with Crippen molar-refractivity contribution >= 4 is 29.1 Å². The second-order valence-electron chi connectivity index (χ2n) is 6.48. The highest BCUT2D eigenvalue weighted by atomic mass is 35.5. The van der Waals surface area contributed by atoms with Crippen LogP contribution in [0.2, 0.25) is 5.02 Å². The summed E-state index contributed by atoms with van der Waals surface area (Å²) in [5.41, 5.74) is 2.89. The minimum atomic E-state index is -0.209. The Morgan fingerprint density at radius 1 is 1.03 bits per heavy atom. The number of hydrogen-bond acceptors (Lipinski definition) is 4. The largest absolute Gasteiger partial charge is 0.459 e. The maximum atomic E-state index is 12.2. The lowest BCUT2D eigenvalue weighted by Gasteiger charge is -2.13. The van der Waals surface area contributed by atoms with Crippen LogP contribution < -0.4 is 16.0 Å². The number of amides is 2. The molecule has 29 heavy (non-hydrogen) atoms. The van der Waals surface area contributed by atoms with E-state index in [0.29, 0.717) is 27.8 Å². The van der Waals surface area contributed by atoms with E-state index in [1.54, 1.807) is 25.2 Å². The maximum absolute atomic E-state index is 12.2. The van der Waals surface area contributed by atoms with Gasteiger partial charge in [-0.3, -0.25) is 9.59 Å². The highest BCUT2D eigenvalue weighted by Crippen LogP contribution is 2.24. The van der Waals surface area contributed by atoms with Gasteiger partial charge in [-0.2, -0.15) is 0 Å². The SMILES string of the molecule is CNC(=O)c1c(C)cccc1NCC(=O)NCc1ccc(-c2ccc(Cl)cc2)o1. The zero-order chi connectivity index (χ0) is 20.8. The van der Waals surface area contributed by atoms with E-state index in [4.69, 9.17) is 16.0 Å². The Kier molecular flexibility index (Phi) is 6.57. The number of benzene rings is 2. The predicted octanol–water partition coefficient (Wildman–Crippen LogP) is 4.00. The molecule has 1 heterocycles. The summed E-state index contributed by atoms with van der Waals surface area (Å²) >= 11 is 5.90. The molecule has 0 saturated carbocycles. The van der Waals surface area contributed by atoms with Crippen LogP contribution in [-0.2, 0) is 11.3 Å². The normalized spacial score (nSPS) is 10.4. The summed E-state index contributed by atoms with van der Waals surface area (Å²) < 4.78 is 5.77. The van der Waals surface area contributed by atoms with E-state index >= 15 is 0 Å². The second kappa shape index (κ2) is 9.30. The molecule has 0 atom stereocenters. The number of aryl methyl sites for hydroxylation is 1. The average molecular weight is 412 g/mol. The van der Waals surface area contributed by atoms with Gasteiger partial charge in [0.05, 0.1) is 18.7 Å². The predicted molar refractivity (Wildman–Crippen MR) is 114 cm³/mol. The van der Waals surface area contributed by atoms with Crippen molar-refractivity contribution in [1.29, 1.82) is 0 Å². The molecule has 6 nitrogen and oxygen atoms in total. The molecule has 3 aromatic rings. The van der Waals surface area contributed by atoms with Gasteiger partial charge in [0.15, 0.2) is 0 Å². The van der Waals surface area contributed by atoms with E-state index in [-0.39, 0.29) is 24.9 Å². The van der Waals surface area contributed by atoms with E-state index in [9.17, 15) is 9.59 Å². The van der Waals surface area contributed by atoms with Crippen molar-refractivity contribution in [3.63, 3.8) is 0 Å². The van der Waals surface area contributed by atoms with Crippen molar-refractivity contribution in [2.75, 3.05) is 18.9 Å². The third-order valence-corrected chi connectivity index (χ3v) is 4.67. The average Bonchev–Trinajstić information content (AvgIpc) is 3.19. The summed E-state index contributed by atoms with van der Waals surface area (Å²) in [5.74, 6) is 0.944. The van der Waals surface area contributed by atoms with Gasteiger partial charge < -0.3 is 20.4 Å². The van der Waals surface area contributed by atoms with Crippen LogP contribution in [0.1, 0.15) is 21.7 Å². The Morgan fingerprint density at radius 2 is 1.79 bits per heavy atom. The van der Waals surface area contributed by atoms with Crippen LogP contribution in [0.15, 0.2) is 59.0 Å². The van der Waals surface area contributed by atoms with Crippen molar-refractivity contribution in [1.82, 2.24) is 10.6 Å². The van der Waals surface area contributed by atoms with Crippen LogP contribution in [0.5, 0.6) is 0 Å². The highest BCUT2D eigenvalue weighted by Gasteiger charge is 2.13. The molecule has 0 radical (unpaired) electrons. The van der Waals surface area contributed by atoms with E-state index in [0.717, 1.165) is 11.1 Å². The van der Waals surface area contributed by atoms with Gasteiger partial charge in [0.25, 0.3) is 5.91 Å². The summed E-state index contributed by atoms with van der Waals surface area (Å²) in [6, 6.07) is 16.5. The molecule has 0 spiro atoms. The van der Waals surface area contributed by atoms with Gasteiger partial charge in [-0.05, 0) is 55.0 Å². The van der Waals surface area contributed by atoms with Crippen LogP contribution in [0.3, 0.4) is 0 Å². The van der Waals surface area contributed by atoms with Crippen molar-refractivity contribution in [2.45, 2.75) is 13.5 Å². The highest BCUT2D eigenvalue weighted by molar-refractivity contribution is 6.30. The molecule has 0 aliphatic heterocycles. The van der Waals surface area contributed by atoms with Gasteiger partial charge in [-0.25, -0.2) is 0 Å². The van der Waals surface area contributed by atoms with Crippen LogP contribution in [-0.4, -0.2) is 25.4 Å². The Balaban J connectivity index is 1.56. The zero-order valence-corrected chi connectivity index (χ0v) is 17.0. The molecule has 0 bridgehead atoms. The molecule has 3 rings (SSSR count). The maximum Gasteiger partial charge on any atom is 0.253 e. The molecule has 7 heteroatoms. The van der Waals surface area contributed by atoms with Crippen molar-refractivity contribution < 1.29 is 14.0 Å². The van der Waals surface area contributed by atoms with Crippen LogP contribution in [0.4, 0.5) is 5.69 Å². The number of carbonyl (C=O) groups is 2. The third-order valence-electron chi connectivity index (χ3n) is 4.42. The molecule has 0 fully saturated rings. The Labute approximate surface area is 174 Å². The molecule has 0 unspecified atom stereocenters. The molecule has 0 aliphatic carbocycles. The van der Waals surface area contributed by atoms with Crippen molar-refractivity contribution in [3.8, 4) is 11.3 Å². The fourth-order valence-corrected chi connectivity index (χ4v) is 3.03. The van der Waals surface area contributed by atoms with E-state index < -0.39 is 0 Å². The fraction of sp³-hybridized carbons (Fsp3) is 0.182. The lowest BCUT2D eigenvalue weighted by atomic mass is 10.1. The third kappa shape index (κ3) is 5.18. The summed E-state index contributed by atoms with van der Waals surface area (Å²) in [5, 5.41) is 9.11. The smallest absolute Gasteiger partial charge is 0.253 e. The van der Waals surface area contributed by atoms with E-state index in [1.807, 2.05) is 43.3 Å². The molecule has 2 aromatic carbocycles. The molecular weight excluding hydrogens is 390 g/mol. The first kappa shape index (κ1) is 20.5. The molecule has 3 N–H and O–H groups in total. The molecule has 1 aromatic heterocycles. The van der Waals surface area contributed by atoms with Crippen LogP contribution in [0.25, 0.3) is 11.3 Å². The van der Waals surface area contributed by atoms with Crippen molar-refractivity contribution in [2.24, 2.45) is 0 Å². The topological polar surface area (TPSA) is 83.4 Å². The molecular formula is C22H22ClN3O3. The van der Waals surface area contributed by atoms with E-state index in [1.165, 1.54) is 0 Å². The van der Waals surface area contributed by atoms with E-state index in [2.05, 4.69) is 16.0 Å². The van der Waals surface area contributed by atoms with Gasteiger partial charge in [0.1, 0.15) is 11.5 Å². The summed E-state index contributed by atoms with van der Waals surface area (Å²) in [6.45, 7) is 2.16.